The predicted octanol–water partition coefficient (Wildman–Crippen LogP) is 3.02. The molecule has 3 heterocycles. The molecule has 0 radical (unpaired) electrons. The number of fused-ring (bicyclic) bond motifs is 1. The van der Waals surface area contributed by atoms with E-state index in [0.29, 0.717) is 50.1 Å². The fraction of sp³-hybridized carbons (Fsp3) is 0.333. The van der Waals surface area contributed by atoms with Crippen molar-refractivity contribution in [2.24, 2.45) is 0 Å². The van der Waals surface area contributed by atoms with Gasteiger partial charge in [0.1, 0.15) is 18.2 Å². The van der Waals surface area contributed by atoms with Crippen LogP contribution < -0.4 is 14.5 Å². The fourth-order valence-electron chi connectivity index (χ4n) is 3.29. The lowest BCUT2D eigenvalue weighted by Crippen LogP contribution is -2.54. The predicted molar refractivity (Wildman–Crippen MR) is 97.7 cm³/mol. The number of nitrogens with zero attached hydrogens (tertiary/aromatic N) is 4. The molecule has 1 aromatic carbocycles. The Labute approximate surface area is 155 Å². The van der Waals surface area contributed by atoms with Crippen molar-refractivity contribution in [2.75, 3.05) is 49.1 Å². The summed E-state index contributed by atoms with van der Waals surface area (Å²) in [7, 11) is 0. The molecule has 2 aromatic rings. The zero-order chi connectivity index (χ0) is 18.1. The molecule has 136 valence electrons. The van der Waals surface area contributed by atoms with E-state index < -0.39 is 0 Å². The molecule has 2 aliphatic rings. The Morgan fingerprint density at radius 3 is 2.69 bits per heavy atom. The average Bonchev–Trinajstić information content (AvgIpc) is 2.67. The maximum atomic E-state index is 13.4. The zero-order valence-corrected chi connectivity index (χ0v) is 14.8. The van der Waals surface area contributed by atoms with Crippen molar-refractivity contribution in [2.45, 2.75) is 0 Å². The van der Waals surface area contributed by atoms with Crippen LogP contribution in [-0.4, -0.2) is 55.2 Å². The summed E-state index contributed by atoms with van der Waals surface area (Å²) in [4.78, 5) is 22.4. The first kappa shape index (κ1) is 16.9. The summed E-state index contributed by atoms with van der Waals surface area (Å²) in [6.45, 7) is 3.34. The van der Waals surface area contributed by atoms with Gasteiger partial charge < -0.3 is 14.5 Å². The molecular weight excluding hydrogens is 359 g/mol. The summed E-state index contributed by atoms with van der Waals surface area (Å²) in [5, 5.41) is 0.579. The maximum Gasteiger partial charge on any atom is 0.324 e. The summed E-state index contributed by atoms with van der Waals surface area (Å²) < 4.78 is 19.0. The Kier molecular flexibility index (Phi) is 4.55. The van der Waals surface area contributed by atoms with E-state index in [4.69, 9.17) is 16.3 Å². The lowest BCUT2D eigenvalue weighted by molar-refractivity contribution is 0.196. The maximum absolute atomic E-state index is 13.4. The third kappa shape index (κ3) is 3.26. The van der Waals surface area contributed by atoms with E-state index in [-0.39, 0.29) is 11.8 Å². The van der Waals surface area contributed by atoms with E-state index in [9.17, 15) is 9.18 Å². The molecule has 0 atom stereocenters. The molecule has 1 saturated heterocycles. The first-order valence-electron chi connectivity index (χ1n) is 8.46. The molecular formula is C18H18ClFN4O2. The monoisotopic (exact) mass is 376 g/mol. The van der Waals surface area contributed by atoms with Gasteiger partial charge in [0.15, 0.2) is 0 Å². The minimum absolute atomic E-state index is 0.0473. The molecule has 8 heteroatoms. The standard InChI is InChI=1S/C18H18ClFN4O2/c19-13-1-2-16-17(9-13)26-8-7-24(16)18(25)23-5-3-22(4-6-23)15-10-14(20)11-21-12-15/h1-2,9-12H,3-8H2. The van der Waals surface area contributed by atoms with Gasteiger partial charge in [0, 0.05) is 43.3 Å². The van der Waals surface area contributed by atoms with Gasteiger partial charge in [-0.1, -0.05) is 11.6 Å². The molecule has 2 amide bonds. The summed E-state index contributed by atoms with van der Waals surface area (Å²) in [6, 6.07) is 6.71. The minimum Gasteiger partial charge on any atom is -0.489 e. The van der Waals surface area contributed by atoms with Crippen LogP contribution in [0.25, 0.3) is 0 Å². The van der Waals surface area contributed by atoms with Crippen molar-refractivity contribution in [3.05, 3.63) is 47.5 Å². The van der Waals surface area contributed by atoms with Crippen molar-refractivity contribution in [3.63, 3.8) is 0 Å². The highest BCUT2D eigenvalue weighted by Gasteiger charge is 2.30. The van der Waals surface area contributed by atoms with Gasteiger partial charge in [0.2, 0.25) is 0 Å². The number of benzene rings is 1. The van der Waals surface area contributed by atoms with E-state index in [1.54, 1.807) is 23.2 Å². The smallest absolute Gasteiger partial charge is 0.324 e. The van der Waals surface area contributed by atoms with Crippen LogP contribution in [0.4, 0.5) is 20.6 Å². The highest BCUT2D eigenvalue weighted by atomic mass is 35.5. The Balaban J connectivity index is 1.45. The normalized spacial score (nSPS) is 16.9. The average molecular weight is 377 g/mol. The highest BCUT2D eigenvalue weighted by Crippen LogP contribution is 2.34. The highest BCUT2D eigenvalue weighted by molar-refractivity contribution is 6.30. The Bertz CT molecular complexity index is 827. The summed E-state index contributed by atoms with van der Waals surface area (Å²) in [6.07, 6.45) is 2.83. The number of hydrogen-bond donors (Lipinski definition) is 0. The molecule has 2 aliphatic heterocycles. The van der Waals surface area contributed by atoms with Crippen LogP contribution in [0.15, 0.2) is 36.7 Å². The number of ether oxygens (including phenoxy) is 1. The van der Waals surface area contributed by atoms with Crippen LogP contribution in [0.3, 0.4) is 0 Å². The van der Waals surface area contributed by atoms with Gasteiger partial charge in [0.25, 0.3) is 0 Å². The quantitative estimate of drug-likeness (QED) is 0.767. The molecule has 0 unspecified atom stereocenters. The number of anilines is 2. The topological polar surface area (TPSA) is 48.9 Å². The van der Waals surface area contributed by atoms with Crippen molar-refractivity contribution >= 4 is 29.0 Å². The summed E-state index contributed by atoms with van der Waals surface area (Å²) >= 11 is 6.01. The van der Waals surface area contributed by atoms with Crippen LogP contribution in [0, 0.1) is 5.82 Å². The number of hydrogen-bond acceptors (Lipinski definition) is 4. The second-order valence-electron chi connectivity index (χ2n) is 6.23. The van der Waals surface area contributed by atoms with Crippen molar-refractivity contribution in [1.29, 1.82) is 0 Å². The molecule has 1 aromatic heterocycles. The van der Waals surface area contributed by atoms with E-state index in [0.717, 1.165) is 11.4 Å². The van der Waals surface area contributed by atoms with Crippen molar-refractivity contribution in [1.82, 2.24) is 9.88 Å². The minimum atomic E-state index is -0.357. The van der Waals surface area contributed by atoms with E-state index in [1.807, 2.05) is 15.9 Å². The molecule has 0 aliphatic carbocycles. The van der Waals surface area contributed by atoms with Crippen LogP contribution in [0.1, 0.15) is 0 Å². The van der Waals surface area contributed by atoms with Gasteiger partial charge >= 0.3 is 6.03 Å². The fourth-order valence-corrected chi connectivity index (χ4v) is 3.45. The number of piperazine rings is 1. The van der Waals surface area contributed by atoms with Crippen LogP contribution in [0.2, 0.25) is 5.02 Å². The summed E-state index contributed by atoms with van der Waals surface area (Å²) in [5.74, 6) is 0.270. The number of aromatic nitrogens is 1. The van der Waals surface area contributed by atoms with Crippen LogP contribution >= 0.6 is 11.6 Å². The van der Waals surface area contributed by atoms with Crippen molar-refractivity contribution in [3.8, 4) is 5.75 Å². The molecule has 1 fully saturated rings. The molecule has 0 N–H and O–H groups in total. The number of rotatable bonds is 1. The molecule has 26 heavy (non-hydrogen) atoms. The number of urea groups is 1. The Hall–Kier alpha value is -2.54. The number of pyridine rings is 1. The first-order chi connectivity index (χ1) is 12.6. The number of carbonyl (C=O) groups excluding carboxylic acids is 1. The molecule has 0 spiro atoms. The lowest BCUT2D eigenvalue weighted by atomic mass is 10.2. The van der Waals surface area contributed by atoms with Gasteiger partial charge in [-0.3, -0.25) is 9.88 Å². The number of carbonyl (C=O) groups is 1. The van der Waals surface area contributed by atoms with Crippen LogP contribution in [-0.2, 0) is 0 Å². The van der Waals surface area contributed by atoms with Gasteiger partial charge in [-0.2, -0.15) is 0 Å². The second kappa shape index (κ2) is 6.99. The largest absolute Gasteiger partial charge is 0.489 e. The third-order valence-corrected chi connectivity index (χ3v) is 4.86. The number of halogens is 2. The number of amides is 2. The third-order valence-electron chi connectivity index (χ3n) is 4.62. The Morgan fingerprint density at radius 2 is 1.92 bits per heavy atom. The Morgan fingerprint density at radius 1 is 1.12 bits per heavy atom. The van der Waals surface area contributed by atoms with E-state index >= 15 is 0 Å². The first-order valence-corrected chi connectivity index (χ1v) is 8.84. The molecule has 0 saturated carbocycles. The van der Waals surface area contributed by atoms with Gasteiger partial charge in [0.05, 0.1) is 30.3 Å². The second-order valence-corrected chi connectivity index (χ2v) is 6.67. The molecule has 6 nitrogen and oxygen atoms in total. The molecule has 4 rings (SSSR count). The van der Waals surface area contributed by atoms with E-state index in [2.05, 4.69) is 4.98 Å². The van der Waals surface area contributed by atoms with Gasteiger partial charge in [-0.25, -0.2) is 9.18 Å². The lowest BCUT2D eigenvalue weighted by Gasteiger charge is -2.39. The summed E-state index contributed by atoms with van der Waals surface area (Å²) in [5.41, 5.74) is 1.48. The zero-order valence-electron chi connectivity index (χ0n) is 14.1. The van der Waals surface area contributed by atoms with Gasteiger partial charge in [-0.15, -0.1) is 0 Å². The van der Waals surface area contributed by atoms with Crippen LogP contribution in [0.5, 0.6) is 5.75 Å². The van der Waals surface area contributed by atoms with Crippen molar-refractivity contribution < 1.29 is 13.9 Å². The SMILES string of the molecule is O=C(N1CCN(c2cncc(F)c2)CC1)N1CCOc2cc(Cl)ccc21. The van der Waals surface area contributed by atoms with Gasteiger partial charge in [-0.05, 0) is 12.1 Å². The van der Waals surface area contributed by atoms with E-state index in [1.165, 1.54) is 12.3 Å². The molecule has 0 bridgehead atoms.